The van der Waals surface area contributed by atoms with Gasteiger partial charge in [0, 0.05) is 37.5 Å². The zero-order chi connectivity index (χ0) is 24.9. The Hall–Kier alpha value is -4.03. The van der Waals surface area contributed by atoms with Crippen LogP contribution in [0.3, 0.4) is 0 Å². The minimum absolute atomic E-state index is 0.0515. The van der Waals surface area contributed by atoms with Crippen LogP contribution in [0.1, 0.15) is 18.2 Å². The molecule has 2 unspecified atom stereocenters. The number of aromatic nitrogens is 2. The van der Waals surface area contributed by atoms with Crippen molar-refractivity contribution in [1.82, 2.24) is 20.7 Å². The van der Waals surface area contributed by atoms with Gasteiger partial charge in [-0.1, -0.05) is 18.2 Å². The number of nitrogens with two attached hydrogens (primary N) is 1. The molecule has 1 fully saturated rings. The predicted octanol–water partition coefficient (Wildman–Crippen LogP) is 0.856. The Morgan fingerprint density at radius 3 is 2.69 bits per heavy atom. The molecule has 2 aromatic rings. The fourth-order valence-electron chi connectivity index (χ4n) is 4.86. The first-order valence-electron chi connectivity index (χ1n) is 12.0. The number of benzene rings is 1. The number of amidine groups is 1. The highest BCUT2D eigenvalue weighted by molar-refractivity contribution is 6.16. The normalized spacial score (nSPS) is 24.8. The van der Waals surface area contributed by atoms with Gasteiger partial charge in [0.05, 0.1) is 24.6 Å². The number of anilines is 3. The van der Waals surface area contributed by atoms with Crippen LogP contribution in [0, 0.1) is 5.41 Å². The highest BCUT2D eigenvalue weighted by Gasteiger charge is 2.51. The van der Waals surface area contributed by atoms with Crippen LogP contribution >= 0.6 is 0 Å². The Bertz CT molecular complexity index is 1270. The first-order valence-corrected chi connectivity index (χ1v) is 12.0. The molecule has 0 spiro atoms. The third kappa shape index (κ3) is 3.65. The lowest BCUT2D eigenvalue weighted by Crippen LogP contribution is -2.45. The molecule has 36 heavy (non-hydrogen) atoms. The van der Waals surface area contributed by atoms with Crippen molar-refractivity contribution >= 4 is 35.5 Å². The number of nitrogens with zero attached hydrogens (tertiary/aromatic N) is 6. The van der Waals surface area contributed by atoms with Crippen molar-refractivity contribution in [1.29, 1.82) is 5.41 Å². The molecule has 4 aliphatic heterocycles. The molecule has 1 aromatic heterocycles. The number of fused-ring (bicyclic) bond motifs is 1. The molecule has 6 rings (SSSR count). The summed E-state index contributed by atoms with van der Waals surface area (Å²) in [6, 6.07) is 9.56. The topological polar surface area (TPSA) is 148 Å². The zero-order valence-electron chi connectivity index (χ0n) is 19.9. The average Bonchev–Trinajstić information content (AvgIpc) is 3.20. The smallest absolute Gasteiger partial charge is 0.328 e. The molecule has 5 N–H and O–H groups in total. The Labute approximate surface area is 208 Å². The van der Waals surface area contributed by atoms with Crippen molar-refractivity contribution in [2.45, 2.75) is 24.9 Å². The lowest BCUT2D eigenvalue weighted by Gasteiger charge is -2.29. The Morgan fingerprint density at radius 2 is 2.00 bits per heavy atom. The van der Waals surface area contributed by atoms with Crippen molar-refractivity contribution in [2.75, 3.05) is 47.7 Å². The van der Waals surface area contributed by atoms with E-state index in [2.05, 4.69) is 15.7 Å². The number of hydrogen-bond acceptors (Lipinski definition) is 10. The van der Waals surface area contributed by atoms with Gasteiger partial charge >= 0.3 is 6.03 Å². The number of urea groups is 1. The summed E-state index contributed by atoms with van der Waals surface area (Å²) in [5.41, 5.74) is 10.6. The number of hydrazine groups is 1. The van der Waals surface area contributed by atoms with Crippen molar-refractivity contribution in [3.05, 3.63) is 53.5 Å². The lowest BCUT2D eigenvalue weighted by molar-refractivity contribution is 0.122. The van der Waals surface area contributed by atoms with Gasteiger partial charge in [0.25, 0.3) is 0 Å². The van der Waals surface area contributed by atoms with E-state index in [0.29, 0.717) is 68.4 Å². The molecule has 0 radical (unpaired) electrons. The summed E-state index contributed by atoms with van der Waals surface area (Å²) in [5, 5.41) is 12.9. The second-order valence-electron chi connectivity index (χ2n) is 9.15. The molecule has 2 atom stereocenters. The van der Waals surface area contributed by atoms with Gasteiger partial charge in [0.15, 0.2) is 5.54 Å². The van der Waals surface area contributed by atoms with Gasteiger partial charge < -0.3 is 20.8 Å². The highest BCUT2D eigenvalue weighted by Crippen LogP contribution is 2.42. The molecule has 5 heterocycles. The summed E-state index contributed by atoms with van der Waals surface area (Å²) in [6.45, 7) is 4.88. The molecule has 4 aliphatic rings. The number of para-hydroxylation sites is 1. The largest absolute Gasteiger partial charge is 0.385 e. The molecule has 12 nitrogen and oxygen atoms in total. The maximum absolute atomic E-state index is 13.6. The van der Waals surface area contributed by atoms with E-state index >= 15 is 0 Å². The fraction of sp³-hybridized carbons (Fsp3) is 0.375. The maximum atomic E-state index is 13.6. The second-order valence-corrected chi connectivity index (χ2v) is 9.15. The number of ether oxygens (including phenoxy) is 1. The number of rotatable bonds is 5. The first-order chi connectivity index (χ1) is 17.5. The number of morpholine rings is 1. The molecular formula is C24H28N10O2. The maximum Gasteiger partial charge on any atom is 0.328 e. The van der Waals surface area contributed by atoms with Gasteiger partial charge in [-0.25, -0.2) is 20.2 Å². The van der Waals surface area contributed by atoms with Gasteiger partial charge in [0.2, 0.25) is 5.95 Å². The minimum atomic E-state index is -1.04. The van der Waals surface area contributed by atoms with Crippen molar-refractivity contribution in [2.24, 2.45) is 10.7 Å². The van der Waals surface area contributed by atoms with E-state index in [1.165, 1.54) is 6.21 Å². The number of nitrogens with one attached hydrogen (secondary N) is 3. The first kappa shape index (κ1) is 22.4. The van der Waals surface area contributed by atoms with Gasteiger partial charge in [-0.15, -0.1) is 0 Å². The van der Waals surface area contributed by atoms with Crippen LogP contribution in [0.2, 0.25) is 0 Å². The summed E-state index contributed by atoms with van der Waals surface area (Å²) in [6.07, 6.45) is 3.73. The van der Waals surface area contributed by atoms with Crippen LogP contribution in [0.4, 0.5) is 22.2 Å². The number of amides is 2. The Balaban J connectivity index is 1.32. The van der Waals surface area contributed by atoms with E-state index in [9.17, 15) is 4.79 Å². The molecule has 2 amide bonds. The Kier molecular flexibility index (Phi) is 5.34. The van der Waals surface area contributed by atoms with Crippen LogP contribution in [0.25, 0.3) is 0 Å². The van der Waals surface area contributed by atoms with E-state index in [-0.39, 0.29) is 12.1 Å². The van der Waals surface area contributed by atoms with Crippen LogP contribution in [-0.2, 0) is 16.7 Å². The molecule has 0 bridgehead atoms. The van der Waals surface area contributed by atoms with E-state index in [4.69, 9.17) is 25.8 Å². The van der Waals surface area contributed by atoms with Crippen LogP contribution in [-0.4, -0.2) is 66.9 Å². The fourth-order valence-corrected chi connectivity index (χ4v) is 4.86. The molecule has 1 saturated heterocycles. The SMILES string of the molecule is CC1C=C(NC(=O)N2CCc3c2nc(N2CCOCC2)nc3C2(C=N)N=C2N)N(c2ccccc2)N1. The quantitative estimate of drug-likeness (QED) is 0.453. The molecule has 186 valence electrons. The molecule has 12 heteroatoms. The van der Waals surface area contributed by atoms with Gasteiger partial charge in [-0.05, 0) is 31.6 Å². The summed E-state index contributed by atoms with van der Waals surface area (Å²) in [4.78, 5) is 31.2. The van der Waals surface area contributed by atoms with Crippen molar-refractivity contribution in [3.8, 4) is 0 Å². The summed E-state index contributed by atoms with van der Waals surface area (Å²) < 4.78 is 5.48. The monoisotopic (exact) mass is 488 g/mol. The minimum Gasteiger partial charge on any atom is -0.385 e. The van der Waals surface area contributed by atoms with E-state index in [1.54, 1.807) is 4.90 Å². The van der Waals surface area contributed by atoms with E-state index < -0.39 is 5.54 Å². The van der Waals surface area contributed by atoms with Gasteiger partial charge in [0.1, 0.15) is 17.5 Å². The van der Waals surface area contributed by atoms with Gasteiger partial charge in [-0.2, -0.15) is 4.98 Å². The van der Waals surface area contributed by atoms with E-state index in [1.807, 2.05) is 53.2 Å². The van der Waals surface area contributed by atoms with Crippen LogP contribution < -0.4 is 31.3 Å². The number of carbonyl (C=O) groups is 1. The molecule has 0 aliphatic carbocycles. The number of aliphatic imine (C=N–C) groups is 1. The summed E-state index contributed by atoms with van der Waals surface area (Å²) >= 11 is 0. The van der Waals surface area contributed by atoms with E-state index in [0.717, 1.165) is 11.3 Å². The standard InChI is InChI=1S/C24H28N10O2/c1-15-13-18(34(31-15)16-5-3-2-4-6-16)27-23(35)33-8-7-17-19(24(14-25)21(26)30-24)28-22(29-20(17)33)32-9-11-36-12-10-32/h2-6,13-15,25,31H,7-12H2,1H3,(H2,26,30)(H,27,35). The third-order valence-corrected chi connectivity index (χ3v) is 6.79. The van der Waals surface area contributed by atoms with Crippen molar-refractivity contribution < 1.29 is 9.53 Å². The second kappa shape index (κ2) is 8.57. The van der Waals surface area contributed by atoms with Crippen molar-refractivity contribution in [3.63, 3.8) is 0 Å². The zero-order valence-corrected chi connectivity index (χ0v) is 19.9. The Morgan fingerprint density at radius 1 is 1.25 bits per heavy atom. The number of hydrogen-bond donors (Lipinski definition) is 4. The molecule has 1 aromatic carbocycles. The third-order valence-electron chi connectivity index (χ3n) is 6.79. The molecular weight excluding hydrogens is 460 g/mol. The van der Waals surface area contributed by atoms with Gasteiger partial charge in [-0.3, -0.25) is 15.2 Å². The predicted molar refractivity (Wildman–Crippen MR) is 136 cm³/mol. The summed E-state index contributed by atoms with van der Waals surface area (Å²) in [7, 11) is 0. The number of carbonyl (C=O) groups excluding carboxylic acids is 1. The van der Waals surface area contributed by atoms with Crippen LogP contribution in [0.15, 0.2) is 47.2 Å². The highest BCUT2D eigenvalue weighted by atomic mass is 16.5. The lowest BCUT2D eigenvalue weighted by atomic mass is 9.98. The van der Waals surface area contributed by atoms with Crippen LogP contribution in [0.5, 0.6) is 0 Å². The average molecular weight is 489 g/mol. The molecule has 0 saturated carbocycles. The summed E-state index contributed by atoms with van der Waals surface area (Å²) in [5.74, 6) is 2.02.